The number of aliphatic hydroxyl groups excluding tert-OH is 1. The van der Waals surface area contributed by atoms with Crippen molar-refractivity contribution in [3.05, 3.63) is 59.2 Å². The molecule has 0 bridgehead atoms. The first-order valence-corrected chi connectivity index (χ1v) is 15.8. The summed E-state index contributed by atoms with van der Waals surface area (Å²) in [5.74, 6) is -3.45. The molecule has 3 rings (SSSR count). The van der Waals surface area contributed by atoms with Crippen LogP contribution in [0.5, 0.6) is 11.5 Å². The van der Waals surface area contributed by atoms with Crippen LogP contribution < -0.4 is 4.74 Å². The van der Waals surface area contributed by atoms with Gasteiger partial charge in [-0.15, -0.1) is 0 Å². The van der Waals surface area contributed by atoms with Gasteiger partial charge in [0, 0.05) is 23.8 Å². The van der Waals surface area contributed by atoms with Gasteiger partial charge in [-0.2, -0.15) is 22.0 Å². The number of rotatable bonds is 16. The van der Waals surface area contributed by atoms with Crippen molar-refractivity contribution in [3.8, 4) is 11.5 Å². The van der Waals surface area contributed by atoms with E-state index < -0.39 is 36.1 Å². The molecule has 0 fully saturated rings. The molecule has 10 heteroatoms. The summed E-state index contributed by atoms with van der Waals surface area (Å²) >= 11 is -1.38. The maximum atomic E-state index is 12.9. The van der Waals surface area contributed by atoms with E-state index in [0.717, 1.165) is 61.6 Å². The molecule has 2 aromatic rings. The third-order valence-corrected chi connectivity index (χ3v) is 9.60. The first kappa shape index (κ1) is 33.5. The van der Waals surface area contributed by atoms with E-state index >= 15 is 0 Å². The lowest BCUT2D eigenvalue weighted by Gasteiger charge is -2.43. The average Bonchev–Trinajstić information content (AvgIpc) is 2.92. The highest BCUT2D eigenvalue weighted by Gasteiger charge is 2.56. The molecule has 0 amide bonds. The molecule has 0 saturated carbocycles. The van der Waals surface area contributed by atoms with Crippen molar-refractivity contribution in [2.45, 2.75) is 101 Å². The predicted octanol–water partition coefficient (Wildman–Crippen LogP) is 8.17. The van der Waals surface area contributed by atoms with Gasteiger partial charge in [-0.05, 0) is 48.4 Å². The molecule has 0 spiro atoms. The zero-order valence-electron chi connectivity index (χ0n) is 23.5. The first-order valence-electron chi connectivity index (χ1n) is 14.3. The molecule has 1 aliphatic heterocycles. The molecule has 3 atom stereocenters. The number of alkyl halides is 5. The smallest absolute Gasteiger partial charge is 0.453 e. The Morgan fingerprint density at radius 1 is 0.902 bits per heavy atom. The topological polar surface area (TPSA) is 72.8 Å². The Balaban J connectivity index is 1.39. The largest absolute Gasteiger partial charge is 0.616 e. The zero-order valence-corrected chi connectivity index (χ0v) is 24.3. The lowest BCUT2D eigenvalue weighted by atomic mass is 9.66. The Hall–Kier alpha value is -2.04. The van der Waals surface area contributed by atoms with Crippen LogP contribution in [0.4, 0.5) is 22.0 Å². The normalized spacial score (nSPS) is 20.0. The summed E-state index contributed by atoms with van der Waals surface area (Å²) in [6.07, 6.45) is 0.260. The Bertz CT molecular complexity index is 1080. The Labute approximate surface area is 242 Å². The van der Waals surface area contributed by atoms with Crippen LogP contribution in [-0.2, 0) is 23.2 Å². The molecule has 230 valence electrons. The molecule has 2 N–H and O–H groups in total. The van der Waals surface area contributed by atoms with Crippen LogP contribution in [0.3, 0.4) is 0 Å². The number of benzene rings is 2. The van der Waals surface area contributed by atoms with Crippen LogP contribution >= 0.6 is 0 Å². The van der Waals surface area contributed by atoms with Crippen LogP contribution in [0, 0.1) is 0 Å². The number of halogens is 5. The van der Waals surface area contributed by atoms with Gasteiger partial charge in [-0.3, -0.25) is 0 Å². The van der Waals surface area contributed by atoms with Crippen molar-refractivity contribution in [2.24, 2.45) is 0 Å². The van der Waals surface area contributed by atoms with Crippen molar-refractivity contribution in [1.29, 1.82) is 0 Å². The van der Waals surface area contributed by atoms with E-state index in [1.165, 1.54) is 0 Å². The Kier molecular flexibility index (Phi) is 12.2. The van der Waals surface area contributed by atoms with E-state index in [4.69, 9.17) is 4.74 Å². The van der Waals surface area contributed by atoms with Gasteiger partial charge in [0.15, 0.2) is 0 Å². The maximum absolute atomic E-state index is 12.9. The van der Waals surface area contributed by atoms with Crippen LogP contribution in [0.15, 0.2) is 42.5 Å². The fourth-order valence-corrected chi connectivity index (χ4v) is 6.75. The molecule has 0 aromatic heterocycles. The second-order valence-corrected chi connectivity index (χ2v) is 12.9. The fourth-order valence-electron chi connectivity index (χ4n) is 5.55. The molecule has 1 heterocycles. The maximum Gasteiger partial charge on any atom is 0.453 e. The van der Waals surface area contributed by atoms with Gasteiger partial charge in [0.1, 0.15) is 23.0 Å². The minimum atomic E-state index is -5.56. The predicted molar refractivity (Wildman–Crippen MR) is 151 cm³/mol. The van der Waals surface area contributed by atoms with Crippen molar-refractivity contribution < 1.29 is 41.5 Å². The van der Waals surface area contributed by atoms with Crippen LogP contribution in [0.1, 0.15) is 93.7 Å². The number of phenolic OH excluding ortho intramolecular Hbond substituents is 1. The minimum Gasteiger partial charge on any atom is -0.616 e. The van der Waals surface area contributed by atoms with Gasteiger partial charge in [-0.25, -0.2) is 0 Å². The number of phenols is 1. The highest BCUT2D eigenvalue weighted by atomic mass is 32.2. The number of aliphatic hydroxyl groups is 1. The average molecular weight is 605 g/mol. The monoisotopic (exact) mass is 604 g/mol. The standard InChI is InChI=1S/C31H41F5O4S/c1-29(24-13-11-23(21-37)12-14-24)22-40-28-20-25(38)15-16-26(28)27(29)10-7-5-3-2-4-6-8-18-41(39)19-9-17-30(32,33)31(34,35)36/h11-16,20,27,37-38H,2-10,17-19,21-22H2,1H3. The van der Waals surface area contributed by atoms with Gasteiger partial charge in [0.2, 0.25) is 0 Å². The van der Waals surface area contributed by atoms with Gasteiger partial charge in [0.25, 0.3) is 0 Å². The molecule has 4 nitrogen and oxygen atoms in total. The van der Waals surface area contributed by atoms with Gasteiger partial charge < -0.3 is 19.5 Å². The van der Waals surface area contributed by atoms with Crippen LogP contribution in [0.25, 0.3) is 0 Å². The summed E-state index contributed by atoms with van der Waals surface area (Å²) in [6, 6.07) is 13.3. The summed E-state index contributed by atoms with van der Waals surface area (Å²) in [5.41, 5.74) is 2.81. The van der Waals surface area contributed by atoms with E-state index in [9.17, 15) is 36.7 Å². The number of aromatic hydroxyl groups is 1. The van der Waals surface area contributed by atoms with Gasteiger partial charge in [0.05, 0.1) is 13.2 Å². The highest BCUT2D eigenvalue weighted by Crippen LogP contribution is 2.49. The molecule has 1 aliphatic rings. The summed E-state index contributed by atoms with van der Waals surface area (Å²) in [4.78, 5) is 0. The summed E-state index contributed by atoms with van der Waals surface area (Å²) in [7, 11) is 0. The summed E-state index contributed by atoms with van der Waals surface area (Å²) in [5, 5.41) is 19.4. The first-order chi connectivity index (χ1) is 19.4. The number of hydrogen-bond acceptors (Lipinski definition) is 4. The zero-order chi connectivity index (χ0) is 30.1. The van der Waals surface area contributed by atoms with Gasteiger partial charge in [-0.1, -0.05) is 80.5 Å². The second kappa shape index (κ2) is 14.9. The summed E-state index contributed by atoms with van der Waals surface area (Å²) < 4.78 is 80.5. The fraction of sp³-hybridized carbons (Fsp3) is 0.613. The molecular formula is C31H41F5O4S. The molecule has 2 aromatic carbocycles. The molecule has 0 saturated heterocycles. The lowest BCUT2D eigenvalue weighted by molar-refractivity contribution is -0.284. The number of fused-ring (bicyclic) bond motifs is 1. The van der Waals surface area contributed by atoms with Crippen molar-refractivity contribution in [3.63, 3.8) is 0 Å². The quantitative estimate of drug-likeness (QED) is 0.115. The van der Waals surface area contributed by atoms with Crippen LogP contribution in [0.2, 0.25) is 0 Å². The van der Waals surface area contributed by atoms with Crippen molar-refractivity contribution in [1.82, 2.24) is 0 Å². The lowest BCUT2D eigenvalue weighted by Crippen LogP contribution is -2.40. The van der Waals surface area contributed by atoms with E-state index in [-0.39, 0.29) is 29.4 Å². The second-order valence-electron chi connectivity index (χ2n) is 11.3. The third-order valence-electron chi connectivity index (χ3n) is 8.11. The third kappa shape index (κ3) is 9.22. The molecular weight excluding hydrogens is 563 g/mol. The van der Waals surface area contributed by atoms with Gasteiger partial charge >= 0.3 is 12.1 Å². The SMILES string of the molecule is CC1(c2ccc(CO)cc2)COc2cc(O)ccc2C1CCCCCCCCC[S+]([O-])CCCC(F)(F)C(F)(F)F. The number of unbranched alkanes of at least 4 members (excludes halogenated alkanes) is 6. The highest BCUT2D eigenvalue weighted by molar-refractivity contribution is 7.91. The Morgan fingerprint density at radius 3 is 2.15 bits per heavy atom. The van der Waals surface area contributed by atoms with E-state index in [0.29, 0.717) is 24.5 Å². The molecule has 41 heavy (non-hydrogen) atoms. The molecule has 3 unspecified atom stereocenters. The number of hydrogen-bond donors (Lipinski definition) is 2. The van der Waals surface area contributed by atoms with Crippen molar-refractivity contribution >= 4 is 11.2 Å². The number of ether oxygens (including phenoxy) is 1. The minimum absolute atomic E-state index is 0.0102. The van der Waals surface area contributed by atoms with E-state index in [1.807, 2.05) is 18.2 Å². The van der Waals surface area contributed by atoms with Crippen LogP contribution in [-0.4, -0.2) is 45.0 Å². The molecule has 0 aliphatic carbocycles. The van der Waals surface area contributed by atoms with E-state index in [1.54, 1.807) is 12.1 Å². The summed E-state index contributed by atoms with van der Waals surface area (Å²) in [6.45, 7) is 2.68. The molecule has 0 radical (unpaired) electrons. The van der Waals surface area contributed by atoms with Crippen molar-refractivity contribution in [2.75, 3.05) is 18.1 Å². The Morgan fingerprint density at radius 2 is 1.51 bits per heavy atom. The van der Waals surface area contributed by atoms with E-state index in [2.05, 4.69) is 19.1 Å².